The highest BCUT2D eigenvalue weighted by atomic mass is 16.6. The van der Waals surface area contributed by atoms with E-state index in [2.05, 4.69) is 39.2 Å². The van der Waals surface area contributed by atoms with E-state index in [0.29, 0.717) is 37.8 Å². The standard InChI is InChI=1S/C33H47N5O5/c1-6-24-9-8-10-26(19-24)27-20-28(35-32(41)43-33(3,4)5)30(34-21-27)31(40)38-17-15-37(16-18-38)22-25-11-13-36(14-12-25)23-29(39)42-7-2/h8-10,19-21,25H,6-7,11-18,22-23H2,1-5H3,(H,35,41). The van der Waals surface area contributed by atoms with Gasteiger partial charge in [-0.15, -0.1) is 0 Å². The zero-order valence-corrected chi connectivity index (χ0v) is 26.4. The number of carbonyl (C=O) groups is 3. The van der Waals surface area contributed by atoms with E-state index in [1.165, 1.54) is 5.56 Å². The van der Waals surface area contributed by atoms with Crippen molar-refractivity contribution in [2.45, 2.75) is 59.5 Å². The van der Waals surface area contributed by atoms with Crippen molar-refractivity contribution in [3.8, 4) is 11.1 Å². The van der Waals surface area contributed by atoms with Crippen molar-refractivity contribution in [2.75, 3.05) is 64.3 Å². The van der Waals surface area contributed by atoms with Gasteiger partial charge in [0.2, 0.25) is 0 Å². The molecule has 0 spiro atoms. The van der Waals surface area contributed by atoms with Crippen LogP contribution in [0.2, 0.25) is 0 Å². The molecule has 1 aromatic heterocycles. The molecule has 3 heterocycles. The predicted octanol–water partition coefficient (Wildman–Crippen LogP) is 4.69. The van der Waals surface area contributed by atoms with Crippen LogP contribution in [-0.2, 0) is 20.7 Å². The van der Waals surface area contributed by atoms with Crippen LogP contribution in [0.15, 0.2) is 36.5 Å². The Balaban J connectivity index is 1.38. The number of piperidine rings is 1. The molecule has 1 aromatic carbocycles. The lowest BCUT2D eigenvalue weighted by atomic mass is 9.96. The highest BCUT2D eigenvalue weighted by Gasteiger charge is 2.29. The molecule has 10 nitrogen and oxygen atoms in total. The molecule has 2 saturated heterocycles. The number of nitrogens with one attached hydrogen (secondary N) is 1. The number of esters is 1. The number of aryl methyl sites for hydroxylation is 1. The molecule has 2 fully saturated rings. The lowest BCUT2D eigenvalue weighted by Gasteiger charge is -2.38. The number of aromatic nitrogens is 1. The molecule has 2 aliphatic rings. The third-order valence-corrected chi connectivity index (χ3v) is 7.94. The van der Waals surface area contributed by atoms with Crippen LogP contribution in [0.25, 0.3) is 11.1 Å². The summed E-state index contributed by atoms with van der Waals surface area (Å²) in [6.45, 7) is 15.7. The monoisotopic (exact) mass is 593 g/mol. The summed E-state index contributed by atoms with van der Waals surface area (Å²) in [5.74, 6) is 0.221. The van der Waals surface area contributed by atoms with Crippen LogP contribution < -0.4 is 5.32 Å². The Hall–Kier alpha value is -3.50. The van der Waals surface area contributed by atoms with Gasteiger partial charge in [-0.25, -0.2) is 9.78 Å². The number of anilines is 1. The summed E-state index contributed by atoms with van der Waals surface area (Å²) in [5.41, 5.74) is 2.86. The molecule has 4 rings (SSSR count). The van der Waals surface area contributed by atoms with Gasteiger partial charge in [0.25, 0.3) is 5.91 Å². The second kappa shape index (κ2) is 14.8. The summed E-state index contributed by atoms with van der Waals surface area (Å²) in [4.78, 5) is 49.2. The number of likely N-dealkylation sites (tertiary alicyclic amines) is 1. The molecular formula is C33H47N5O5. The molecule has 2 amide bonds. The Labute approximate surface area is 255 Å². The molecule has 0 atom stereocenters. The van der Waals surface area contributed by atoms with Crippen LogP contribution in [0.5, 0.6) is 0 Å². The fourth-order valence-electron chi connectivity index (χ4n) is 5.64. The van der Waals surface area contributed by atoms with Gasteiger partial charge in [-0.05, 0) is 83.2 Å². The number of carbonyl (C=O) groups excluding carboxylic acids is 3. The van der Waals surface area contributed by atoms with Crippen LogP contribution in [0, 0.1) is 5.92 Å². The lowest BCUT2D eigenvalue weighted by molar-refractivity contribution is -0.144. The smallest absolute Gasteiger partial charge is 0.412 e. The predicted molar refractivity (Wildman–Crippen MR) is 167 cm³/mol. The van der Waals surface area contributed by atoms with E-state index in [9.17, 15) is 14.4 Å². The fourth-order valence-corrected chi connectivity index (χ4v) is 5.64. The fraction of sp³-hybridized carbons (Fsp3) is 0.576. The van der Waals surface area contributed by atoms with Crippen molar-refractivity contribution in [1.82, 2.24) is 19.7 Å². The summed E-state index contributed by atoms with van der Waals surface area (Å²) in [7, 11) is 0. The first-order valence-electron chi connectivity index (χ1n) is 15.5. The zero-order valence-electron chi connectivity index (χ0n) is 26.4. The lowest BCUT2D eigenvalue weighted by Crippen LogP contribution is -2.51. The average Bonchev–Trinajstić information content (AvgIpc) is 2.97. The Morgan fingerprint density at radius 2 is 1.67 bits per heavy atom. The minimum atomic E-state index is -0.678. The molecule has 0 radical (unpaired) electrons. The maximum Gasteiger partial charge on any atom is 0.412 e. The van der Waals surface area contributed by atoms with Crippen molar-refractivity contribution >= 4 is 23.7 Å². The van der Waals surface area contributed by atoms with E-state index in [0.717, 1.165) is 63.1 Å². The number of hydrogen-bond donors (Lipinski definition) is 1. The molecule has 43 heavy (non-hydrogen) atoms. The maximum absolute atomic E-state index is 13.7. The number of amides is 2. The van der Waals surface area contributed by atoms with E-state index < -0.39 is 11.7 Å². The minimum Gasteiger partial charge on any atom is -0.465 e. The SMILES string of the molecule is CCOC(=O)CN1CCC(CN2CCN(C(=O)c3ncc(-c4cccc(CC)c4)cc3NC(=O)OC(C)(C)C)CC2)CC1. The molecule has 0 aliphatic carbocycles. The van der Waals surface area contributed by atoms with Crippen molar-refractivity contribution < 1.29 is 23.9 Å². The number of ether oxygens (including phenoxy) is 2. The van der Waals surface area contributed by atoms with Crippen LogP contribution in [0.1, 0.15) is 63.5 Å². The summed E-state index contributed by atoms with van der Waals surface area (Å²) >= 11 is 0. The molecule has 10 heteroatoms. The molecule has 234 valence electrons. The number of pyridine rings is 1. The third kappa shape index (κ3) is 9.49. The quantitative estimate of drug-likeness (QED) is 0.418. The van der Waals surface area contributed by atoms with Crippen LogP contribution in [-0.4, -0.2) is 102 Å². The van der Waals surface area contributed by atoms with Gasteiger partial charge in [-0.3, -0.25) is 24.7 Å². The van der Waals surface area contributed by atoms with Crippen LogP contribution in [0.4, 0.5) is 10.5 Å². The first-order valence-corrected chi connectivity index (χ1v) is 15.5. The highest BCUT2D eigenvalue weighted by molar-refractivity contribution is 6.01. The Morgan fingerprint density at radius 1 is 0.953 bits per heavy atom. The molecule has 1 N–H and O–H groups in total. The summed E-state index contributed by atoms with van der Waals surface area (Å²) in [5, 5.41) is 2.80. The van der Waals surface area contributed by atoms with Gasteiger partial charge < -0.3 is 14.4 Å². The van der Waals surface area contributed by atoms with Crippen molar-refractivity contribution in [2.24, 2.45) is 5.92 Å². The van der Waals surface area contributed by atoms with Gasteiger partial charge >= 0.3 is 12.1 Å². The van der Waals surface area contributed by atoms with Gasteiger partial charge in [-0.1, -0.05) is 31.2 Å². The molecule has 2 aromatic rings. The van der Waals surface area contributed by atoms with Crippen molar-refractivity contribution in [3.63, 3.8) is 0 Å². The van der Waals surface area contributed by atoms with Gasteiger partial charge in [-0.2, -0.15) is 0 Å². The number of hydrogen-bond acceptors (Lipinski definition) is 8. The normalized spacial score (nSPS) is 17.0. The van der Waals surface area contributed by atoms with Crippen molar-refractivity contribution in [3.05, 3.63) is 47.8 Å². The molecular weight excluding hydrogens is 546 g/mol. The second-order valence-electron chi connectivity index (χ2n) is 12.4. The molecule has 0 unspecified atom stereocenters. The molecule has 0 saturated carbocycles. The maximum atomic E-state index is 13.7. The van der Waals surface area contributed by atoms with Crippen molar-refractivity contribution in [1.29, 1.82) is 0 Å². The summed E-state index contributed by atoms with van der Waals surface area (Å²) in [6, 6.07) is 9.98. The largest absolute Gasteiger partial charge is 0.465 e. The van der Waals surface area contributed by atoms with Gasteiger partial charge in [0.05, 0.1) is 18.8 Å². The van der Waals surface area contributed by atoms with E-state index in [1.54, 1.807) is 27.0 Å². The average molecular weight is 594 g/mol. The molecule has 2 aliphatic heterocycles. The zero-order chi connectivity index (χ0) is 31.0. The van der Waals surface area contributed by atoms with Gasteiger partial charge in [0, 0.05) is 44.5 Å². The highest BCUT2D eigenvalue weighted by Crippen LogP contribution is 2.27. The first kappa shape index (κ1) is 32.4. The van der Waals surface area contributed by atoms with E-state index in [4.69, 9.17) is 9.47 Å². The van der Waals surface area contributed by atoms with Gasteiger partial charge in [0.15, 0.2) is 5.69 Å². The van der Waals surface area contributed by atoms with Crippen LogP contribution >= 0.6 is 0 Å². The van der Waals surface area contributed by atoms with Crippen LogP contribution in [0.3, 0.4) is 0 Å². The summed E-state index contributed by atoms with van der Waals surface area (Å²) < 4.78 is 10.6. The number of rotatable bonds is 9. The number of nitrogens with zero attached hydrogens (tertiary/aromatic N) is 4. The van der Waals surface area contributed by atoms with E-state index in [1.807, 2.05) is 30.0 Å². The third-order valence-electron chi connectivity index (χ3n) is 7.94. The van der Waals surface area contributed by atoms with E-state index in [-0.39, 0.29) is 17.6 Å². The second-order valence-corrected chi connectivity index (χ2v) is 12.4. The first-order chi connectivity index (χ1) is 20.5. The molecule has 0 bridgehead atoms. The number of benzene rings is 1. The Morgan fingerprint density at radius 3 is 2.33 bits per heavy atom. The minimum absolute atomic E-state index is 0.152. The summed E-state index contributed by atoms with van der Waals surface area (Å²) in [6.07, 6.45) is 4.08. The van der Waals surface area contributed by atoms with Gasteiger partial charge in [0.1, 0.15) is 5.60 Å². The Bertz CT molecular complexity index is 1260. The Kier molecular flexibility index (Phi) is 11.2. The van der Waals surface area contributed by atoms with E-state index >= 15 is 0 Å². The number of piperazine rings is 1. The topological polar surface area (TPSA) is 104 Å².